The van der Waals surface area contributed by atoms with E-state index in [2.05, 4.69) is 45.4 Å². The van der Waals surface area contributed by atoms with Gasteiger partial charge in [0.2, 0.25) is 0 Å². The average molecular weight is 242 g/mol. The summed E-state index contributed by atoms with van der Waals surface area (Å²) in [6.45, 7) is 9.30. The summed E-state index contributed by atoms with van der Waals surface area (Å²) >= 11 is 4.34. The Morgan fingerprint density at radius 1 is 1.38 bits per heavy atom. The van der Waals surface area contributed by atoms with Gasteiger partial charge in [-0.05, 0) is 25.5 Å². The van der Waals surface area contributed by atoms with Crippen LogP contribution in [0.1, 0.15) is 33.7 Å². The molecule has 3 nitrogen and oxygen atoms in total. The number of nitrogens with zero attached hydrogens (tertiary/aromatic N) is 2. The highest BCUT2D eigenvalue weighted by Gasteiger charge is 2.13. The van der Waals surface area contributed by atoms with Gasteiger partial charge in [0.1, 0.15) is 0 Å². The van der Waals surface area contributed by atoms with Crippen molar-refractivity contribution in [2.24, 2.45) is 11.8 Å². The molecule has 0 amide bonds. The van der Waals surface area contributed by atoms with Crippen LogP contribution in [0, 0.1) is 11.8 Å². The van der Waals surface area contributed by atoms with Crippen molar-refractivity contribution in [3.05, 3.63) is 12.4 Å². The number of hydrogen-bond acceptors (Lipinski definition) is 3. The lowest BCUT2D eigenvalue weighted by molar-refractivity contribution is 0.226. The number of rotatable bonds is 6. The first-order chi connectivity index (χ1) is 7.54. The molecule has 0 aliphatic carbocycles. The molecule has 0 radical (unpaired) electrons. The molecule has 92 valence electrons. The molecular weight excluding hydrogens is 220 g/mol. The fourth-order valence-corrected chi connectivity index (χ4v) is 1.86. The molecule has 4 heteroatoms. The Hall–Kier alpha value is -0.640. The standard InChI is InChI=1S/C12H22N2OS/c1-9(2)11(8-16)7-15-12-5-13-14(6-12)10(3)4/h5-6,9-11,16H,7-8H2,1-4H3. The molecule has 0 aromatic carbocycles. The predicted molar refractivity (Wildman–Crippen MR) is 70.3 cm³/mol. The fourth-order valence-electron chi connectivity index (χ4n) is 1.34. The second-order valence-electron chi connectivity index (χ2n) is 4.75. The Bertz CT molecular complexity index is 310. The van der Waals surface area contributed by atoms with Gasteiger partial charge in [0.15, 0.2) is 5.75 Å². The minimum Gasteiger partial charge on any atom is -0.490 e. The van der Waals surface area contributed by atoms with Gasteiger partial charge in [-0.15, -0.1) is 0 Å². The molecule has 1 rings (SSSR count). The molecule has 0 saturated carbocycles. The number of ether oxygens (including phenoxy) is 1. The summed E-state index contributed by atoms with van der Waals surface area (Å²) in [5.74, 6) is 2.79. The van der Waals surface area contributed by atoms with Gasteiger partial charge >= 0.3 is 0 Å². The second-order valence-corrected chi connectivity index (χ2v) is 5.11. The lowest BCUT2D eigenvalue weighted by Gasteiger charge is -2.18. The highest BCUT2D eigenvalue weighted by Crippen LogP contribution is 2.17. The number of hydrogen-bond donors (Lipinski definition) is 1. The maximum atomic E-state index is 5.72. The van der Waals surface area contributed by atoms with Crippen molar-refractivity contribution in [3.63, 3.8) is 0 Å². The van der Waals surface area contributed by atoms with Gasteiger partial charge in [0, 0.05) is 12.0 Å². The van der Waals surface area contributed by atoms with E-state index in [1.165, 1.54) is 0 Å². The third-order valence-electron chi connectivity index (χ3n) is 2.75. The third-order valence-corrected chi connectivity index (χ3v) is 3.22. The van der Waals surface area contributed by atoms with E-state index in [0.29, 0.717) is 24.5 Å². The molecule has 1 heterocycles. The van der Waals surface area contributed by atoms with Crippen LogP contribution in [-0.4, -0.2) is 22.1 Å². The SMILES string of the molecule is CC(C)C(CS)COc1cnn(C(C)C)c1. The summed E-state index contributed by atoms with van der Waals surface area (Å²) < 4.78 is 7.62. The van der Waals surface area contributed by atoms with Crippen LogP contribution in [0.4, 0.5) is 0 Å². The van der Waals surface area contributed by atoms with Gasteiger partial charge < -0.3 is 4.74 Å². The summed E-state index contributed by atoms with van der Waals surface area (Å²) in [4.78, 5) is 0. The molecule has 0 spiro atoms. The maximum Gasteiger partial charge on any atom is 0.157 e. The number of aromatic nitrogens is 2. The largest absolute Gasteiger partial charge is 0.490 e. The van der Waals surface area contributed by atoms with Crippen LogP contribution in [0.15, 0.2) is 12.4 Å². The van der Waals surface area contributed by atoms with Crippen LogP contribution in [0.2, 0.25) is 0 Å². The van der Waals surface area contributed by atoms with E-state index >= 15 is 0 Å². The zero-order chi connectivity index (χ0) is 12.1. The molecule has 0 bridgehead atoms. The Labute approximate surface area is 104 Å². The molecule has 0 N–H and O–H groups in total. The van der Waals surface area contributed by atoms with Gasteiger partial charge in [-0.25, -0.2) is 0 Å². The molecular formula is C12H22N2OS. The number of thiol groups is 1. The fraction of sp³-hybridized carbons (Fsp3) is 0.750. The lowest BCUT2D eigenvalue weighted by Crippen LogP contribution is -2.19. The van der Waals surface area contributed by atoms with Gasteiger partial charge in [-0.1, -0.05) is 13.8 Å². The van der Waals surface area contributed by atoms with Crippen LogP contribution in [0.5, 0.6) is 5.75 Å². The van der Waals surface area contributed by atoms with E-state index in [9.17, 15) is 0 Å². The minimum absolute atomic E-state index is 0.378. The van der Waals surface area contributed by atoms with E-state index in [4.69, 9.17) is 4.74 Å². The highest BCUT2D eigenvalue weighted by molar-refractivity contribution is 7.80. The van der Waals surface area contributed by atoms with Crippen LogP contribution >= 0.6 is 12.6 Å². The third kappa shape index (κ3) is 3.74. The molecule has 1 unspecified atom stereocenters. The van der Waals surface area contributed by atoms with E-state index in [0.717, 1.165) is 11.5 Å². The van der Waals surface area contributed by atoms with Crippen molar-refractivity contribution in [2.75, 3.05) is 12.4 Å². The van der Waals surface area contributed by atoms with Crippen LogP contribution < -0.4 is 4.74 Å². The zero-order valence-corrected chi connectivity index (χ0v) is 11.4. The molecule has 0 aliphatic rings. The Kier molecular flexibility index (Phi) is 5.19. The maximum absolute atomic E-state index is 5.72. The summed E-state index contributed by atoms with van der Waals surface area (Å²) in [7, 11) is 0. The van der Waals surface area contributed by atoms with Crippen molar-refractivity contribution in [1.29, 1.82) is 0 Å². The van der Waals surface area contributed by atoms with Crippen molar-refractivity contribution in [3.8, 4) is 5.75 Å². The molecule has 1 aromatic heterocycles. The Balaban J connectivity index is 2.47. The van der Waals surface area contributed by atoms with E-state index < -0.39 is 0 Å². The van der Waals surface area contributed by atoms with Crippen LogP contribution in [-0.2, 0) is 0 Å². The Morgan fingerprint density at radius 3 is 2.50 bits per heavy atom. The summed E-state index contributed by atoms with van der Waals surface area (Å²) in [5, 5.41) is 4.24. The predicted octanol–water partition coefficient (Wildman–Crippen LogP) is 3.04. The first kappa shape index (κ1) is 13.4. The van der Waals surface area contributed by atoms with Gasteiger partial charge in [0.25, 0.3) is 0 Å². The van der Waals surface area contributed by atoms with Crippen molar-refractivity contribution < 1.29 is 4.74 Å². The molecule has 0 fully saturated rings. The Morgan fingerprint density at radius 2 is 2.06 bits per heavy atom. The van der Waals surface area contributed by atoms with Gasteiger partial charge in [-0.2, -0.15) is 17.7 Å². The van der Waals surface area contributed by atoms with Crippen molar-refractivity contribution >= 4 is 12.6 Å². The molecule has 1 aromatic rings. The quantitative estimate of drug-likeness (QED) is 0.776. The van der Waals surface area contributed by atoms with Crippen molar-refractivity contribution in [1.82, 2.24) is 9.78 Å². The molecule has 0 saturated heterocycles. The highest BCUT2D eigenvalue weighted by atomic mass is 32.1. The normalized spacial score (nSPS) is 13.4. The first-order valence-corrected chi connectivity index (χ1v) is 6.45. The summed E-state index contributed by atoms with van der Waals surface area (Å²) in [5.41, 5.74) is 0. The summed E-state index contributed by atoms with van der Waals surface area (Å²) in [6, 6.07) is 0.378. The van der Waals surface area contributed by atoms with Crippen molar-refractivity contribution in [2.45, 2.75) is 33.7 Å². The minimum atomic E-state index is 0.378. The second kappa shape index (κ2) is 6.18. The first-order valence-electron chi connectivity index (χ1n) is 5.82. The topological polar surface area (TPSA) is 27.1 Å². The molecule has 0 aliphatic heterocycles. The van der Waals surface area contributed by atoms with Crippen LogP contribution in [0.3, 0.4) is 0 Å². The smallest absolute Gasteiger partial charge is 0.157 e. The van der Waals surface area contributed by atoms with E-state index in [-0.39, 0.29) is 0 Å². The molecule has 16 heavy (non-hydrogen) atoms. The van der Waals surface area contributed by atoms with Gasteiger partial charge in [-0.3, -0.25) is 4.68 Å². The average Bonchev–Trinajstić information content (AvgIpc) is 2.67. The monoisotopic (exact) mass is 242 g/mol. The van der Waals surface area contributed by atoms with E-state index in [1.807, 2.05) is 10.9 Å². The van der Waals surface area contributed by atoms with Gasteiger partial charge in [0.05, 0.1) is 19.0 Å². The lowest BCUT2D eigenvalue weighted by atomic mass is 9.99. The van der Waals surface area contributed by atoms with Crippen LogP contribution in [0.25, 0.3) is 0 Å². The summed E-state index contributed by atoms with van der Waals surface area (Å²) in [6.07, 6.45) is 3.72. The van der Waals surface area contributed by atoms with E-state index in [1.54, 1.807) is 6.20 Å². The zero-order valence-electron chi connectivity index (χ0n) is 10.6. The molecule has 1 atom stereocenters.